The zero-order chi connectivity index (χ0) is 13.9. The summed E-state index contributed by atoms with van der Waals surface area (Å²) in [6, 6.07) is 7.19. The van der Waals surface area contributed by atoms with Gasteiger partial charge in [0.2, 0.25) is 0 Å². The van der Waals surface area contributed by atoms with Gasteiger partial charge in [-0.05, 0) is 51.0 Å². The summed E-state index contributed by atoms with van der Waals surface area (Å²) in [5.41, 5.74) is 6.05. The van der Waals surface area contributed by atoms with Crippen molar-refractivity contribution in [1.29, 1.82) is 0 Å². The fourth-order valence-corrected chi connectivity index (χ4v) is 2.21. The Morgan fingerprint density at radius 1 is 1.26 bits per heavy atom. The SMILES string of the molecule is CC(C)Oc1ccc(C(=O)C2(N)CCOCC2)cc1. The Kier molecular flexibility index (Phi) is 4.22. The van der Waals surface area contributed by atoms with E-state index in [2.05, 4.69) is 0 Å². The lowest BCUT2D eigenvalue weighted by molar-refractivity contribution is 0.0448. The van der Waals surface area contributed by atoms with E-state index in [0.29, 0.717) is 31.6 Å². The molecule has 0 saturated carbocycles. The molecule has 104 valence electrons. The Labute approximate surface area is 113 Å². The van der Waals surface area contributed by atoms with E-state index in [-0.39, 0.29) is 11.9 Å². The molecule has 0 bridgehead atoms. The number of hydrogen-bond acceptors (Lipinski definition) is 4. The summed E-state index contributed by atoms with van der Waals surface area (Å²) < 4.78 is 10.8. The van der Waals surface area contributed by atoms with Gasteiger partial charge in [0, 0.05) is 18.8 Å². The maximum atomic E-state index is 12.4. The third-order valence-corrected chi connectivity index (χ3v) is 3.33. The lowest BCUT2D eigenvalue weighted by atomic mass is 9.83. The van der Waals surface area contributed by atoms with Gasteiger partial charge in [0.25, 0.3) is 0 Å². The summed E-state index contributed by atoms with van der Waals surface area (Å²) in [6.07, 6.45) is 1.28. The lowest BCUT2D eigenvalue weighted by Gasteiger charge is -2.31. The molecule has 19 heavy (non-hydrogen) atoms. The Morgan fingerprint density at radius 3 is 2.37 bits per heavy atom. The molecule has 0 aliphatic carbocycles. The Bertz CT molecular complexity index is 433. The van der Waals surface area contributed by atoms with Gasteiger partial charge in [-0.25, -0.2) is 0 Å². The van der Waals surface area contributed by atoms with E-state index in [9.17, 15) is 4.79 Å². The highest BCUT2D eigenvalue weighted by Crippen LogP contribution is 2.24. The van der Waals surface area contributed by atoms with Gasteiger partial charge in [-0.1, -0.05) is 0 Å². The molecule has 0 aromatic heterocycles. The van der Waals surface area contributed by atoms with Gasteiger partial charge < -0.3 is 15.2 Å². The highest BCUT2D eigenvalue weighted by Gasteiger charge is 2.36. The van der Waals surface area contributed by atoms with Crippen LogP contribution in [0.5, 0.6) is 5.75 Å². The normalized spacial score (nSPS) is 18.3. The van der Waals surface area contributed by atoms with E-state index < -0.39 is 5.54 Å². The first-order valence-corrected chi connectivity index (χ1v) is 6.69. The predicted octanol–water partition coefficient (Wildman–Crippen LogP) is 2.16. The molecule has 4 heteroatoms. The number of rotatable bonds is 4. The minimum atomic E-state index is -0.779. The molecule has 1 aliphatic rings. The molecule has 1 fully saturated rings. The van der Waals surface area contributed by atoms with Crippen LogP contribution in [0.4, 0.5) is 0 Å². The largest absolute Gasteiger partial charge is 0.491 e. The number of nitrogens with two attached hydrogens (primary N) is 1. The highest BCUT2D eigenvalue weighted by molar-refractivity contribution is 6.03. The molecule has 1 aromatic rings. The molecule has 4 nitrogen and oxygen atoms in total. The van der Waals surface area contributed by atoms with Gasteiger partial charge in [0.15, 0.2) is 5.78 Å². The molecular weight excluding hydrogens is 242 g/mol. The number of carbonyl (C=O) groups excluding carboxylic acids is 1. The first kappa shape index (κ1) is 14.0. The van der Waals surface area contributed by atoms with Gasteiger partial charge in [0.1, 0.15) is 5.75 Å². The average molecular weight is 263 g/mol. The number of Topliss-reactive ketones (excluding diaryl/α,β-unsaturated/α-hetero) is 1. The summed E-state index contributed by atoms with van der Waals surface area (Å²) in [7, 11) is 0. The summed E-state index contributed by atoms with van der Waals surface area (Å²) >= 11 is 0. The number of hydrogen-bond donors (Lipinski definition) is 1. The van der Waals surface area contributed by atoms with Crippen molar-refractivity contribution in [2.45, 2.75) is 38.3 Å². The van der Waals surface area contributed by atoms with E-state index in [0.717, 1.165) is 5.75 Å². The Balaban J connectivity index is 2.10. The number of ether oxygens (including phenoxy) is 2. The number of carbonyl (C=O) groups is 1. The minimum absolute atomic E-state index is 0.00750. The molecule has 0 radical (unpaired) electrons. The van der Waals surface area contributed by atoms with Crippen molar-refractivity contribution >= 4 is 5.78 Å². The van der Waals surface area contributed by atoms with Crippen LogP contribution in [0.25, 0.3) is 0 Å². The van der Waals surface area contributed by atoms with Crippen LogP contribution in [0.1, 0.15) is 37.0 Å². The second-order valence-electron chi connectivity index (χ2n) is 5.29. The molecule has 0 atom stereocenters. The molecule has 0 unspecified atom stereocenters. The Hall–Kier alpha value is -1.39. The van der Waals surface area contributed by atoms with Crippen LogP contribution in [0, 0.1) is 0 Å². The van der Waals surface area contributed by atoms with Crippen molar-refractivity contribution in [2.24, 2.45) is 5.73 Å². The number of benzene rings is 1. The fourth-order valence-electron chi connectivity index (χ4n) is 2.21. The summed E-state index contributed by atoms with van der Waals surface area (Å²) in [4.78, 5) is 12.4. The van der Waals surface area contributed by atoms with Gasteiger partial charge in [0.05, 0.1) is 11.6 Å². The van der Waals surface area contributed by atoms with Crippen molar-refractivity contribution < 1.29 is 14.3 Å². The van der Waals surface area contributed by atoms with E-state index in [1.165, 1.54) is 0 Å². The summed E-state index contributed by atoms with van der Waals surface area (Å²) in [5.74, 6) is 0.761. The van der Waals surface area contributed by atoms with Crippen LogP contribution < -0.4 is 10.5 Å². The van der Waals surface area contributed by atoms with Crippen molar-refractivity contribution in [3.63, 3.8) is 0 Å². The topological polar surface area (TPSA) is 61.5 Å². The molecule has 1 heterocycles. The third kappa shape index (κ3) is 3.33. The zero-order valence-electron chi connectivity index (χ0n) is 11.5. The van der Waals surface area contributed by atoms with Crippen molar-refractivity contribution in [1.82, 2.24) is 0 Å². The molecule has 0 amide bonds. The van der Waals surface area contributed by atoms with Gasteiger partial charge in [-0.3, -0.25) is 4.79 Å². The standard InChI is InChI=1S/C15H21NO3/c1-11(2)19-13-5-3-12(4-6-13)14(17)15(16)7-9-18-10-8-15/h3-6,11H,7-10,16H2,1-2H3. The second-order valence-corrected chi connectivity index (χ2v) is 5.29. The fraction of sp³-hybridized carbons (Fsp3) is 0.533. The quantitative estimate of drug-likeness (QED) is 0.846. The van der Waals surface area contributed by atoms with E-state index in [1.54, 1.807) is 12.1 Å². The minimum Gasteiger partial charge on any atom is -0.491 e. The van der Waals surface area contributed by atoms with Crippen LogP contribution in [-0.4, -0.2) is 30.6 Å². The Morgan fingerprint density at radius 2 is 1.84 bits per heavy atom. The van der Waals surface area contributed by atoms with Gasteiger partial charge >= 0.3 is 0 Å². The monoisotopic (exact) mass is 263 g/mol. The third-order valence-electron chi connectivity index (χ3n) is 3.33. The van der Waals surface area contributed by atoms with E-state index >= 15 is 0 Å². The van der Waals surface area contributed by atoms with E-state index in [4.69, 9.17) is 15.2 Å². The molecule has 2 rings (SSSR count). The second kappa shape index (κ2) is 5.72. The molecular formula is C15H21NO3. The van der Waals surface area contributed by atoms with Gasteiger partial charge in [-0.15, -0.1) is 0 Å². The first-order valence-electron chi connectivity index (χ1n) is 6.69. The van der Waals surface area contributed by atoms with Crippen molar-refractivity contribution in [3.8, 4) is 5.75 Å². The van der Waals surface area contributed by atoms with Crippen LogP contribution in [-0.2, 0) is 4.74 Å². The number of ketones is 1. The predicted molar refractivity (Wildman–Crippen MR) is 73.5 cm³/mol. The maximum absolute atomic E-state index is 12.4. The molecule has 1 aromatic carbocycles. The van der Waals surface area contributed by atoms with Crippen LogP contribution >= 0.6 is 0 Å². The summed E-state index contributed by atoms with van der Waals surface area (Å²) in [6.45, 7) is 5.04. The average Bonchev–Trinajstić information content (AvgIpc) is 2.39. The van der Waals surface area contributed by atoms with Crippen LogP contribution in [0.3, 0.4) is 0 Å². The van der Waals surface area contributed by atoms with E-state index in [1.807, 2.05) is 26.0 Å². The first-order chi connectivity index (χ1) is 9.01. The zero-order valence-corrected chi connectivity index (χ0v) is 11.5. The highest BCUT2D eigenvalue weighted by atomic mass is 16.5. The van der Waals surface area contributed by atoms with Crippen molar-refractivity contribution in [2.75, 3.05) is 13.2 Å². The van der Waals surface area contributed by atoms with Crippen LogP contribution in [0.15, 0.2) is 24.3 Å². The summed E-state index contributed by atoms with van der Waals surface area (Å²) in [5, 5.41) is 0. The van der Waals surface area contributed by atoms with Crippen molar-refractivity contribution in [3.05, 3.63) is 29.8 Å². The molecule has 2 N–H and O–H groups in total. The lowest BCUT2D eigenvalue weighted by Crippen LogP contribution is -2.51. The molecule has 0 spiro atoms. The van der Waals surface area contributed by atoms with Gasteiger partial charge in [-0.2, -0.15) is 0 Å². The maximum Gasteiger partial charge on any atom is 0.182 e. The smallest absolute Gasteiger partial charge is 0.182 e. The molecule has 1 saturated heterocycles. The molecule has 1 aliphatic heterocycles. The van der Waals surface area contributed by atoms with Crippen LogP contribution in [0.2, 0.25) is 0 Å².